The number of fused-ring (bicyclic) bond motifs is 13. The fourth-order valence-corrected chi connectivity index (χ4v) is 14.1. The Kier molecular flexibility index (Phi) is 10.7. The number of anilines is 3. The third kappa shape index (κ3) is 7.50. The molecule has 0 spiro atoms. The fraction of sp³-hybridized carbons (Fsp3) is 0.128. The van der Waals surface area contributed by atoms with Gasteiger partial charge in [-0.05, 0) is 172 Å². The van der Waals surface area contributed by atoms with Gasteiger partial charge in [0.1, 0.15) is 11.2 Å². The van der Waals surface area contributed by atoms with E-state index >= 15 is 0 Å². The van der Waals surface area contributed by atoms with Crippen LogP contribution in [0.4, 0.5) is 17.1 Å². The summed E-state index contributed by atoms with van der Waals surface area (Å²) in [7, 11) is 0. The summed E-state index contributed by atoms with van der Waals surface area (Å²) in [5.74, 6) is 0. The zero-order chi connectivity index (χ0) is 55.2. The zero-order valence-electron chi connectivity index (χ0n) is 47.3. The summed E-state index contributed by atoms with van der Waals surface area (Å²) in [5.41, 5.74) is 25.1. The average Bonchev–Trinajstić information content (AvgIpc) is 3.84. The van der Waals surface area contributed by atoms with Crippen molar-refractivity contribution in [1.29, 1.82) is 0 Å². The standard InChI is InChI=1S/C78H61BN2O/c1-77(2,3)54-35-36-69-64(42-54)65-43-55(78(4,5)6)44-67-73-74-71(47-66-59-33-21-22-34-72(59)82-76(66)73)80(56-40-52(50-27-15-9-16-28-50)39-53(41-56)51-29-17-10-18-30-51)70-46-63-61(38-49-25-13-8-14-26-49)58-32-20-19-31-57(58)60(37-48-23-11-7-12-24-48)62(63)45-68(70)79(74)81(69)75(65)67/h7-36,39-47H,37-38H2,1-6H3. The van der Waals surface area contributed by atoms with Crippen LogP contribution in [0.1, 0.15) is 74.9 Å². The summed E-state index contributed by atoms with van der Waals surface area (Å²) < 4.78 is 10.1. The quantitative estimate of drug-likeness (QED) is 0.117. The second-order valence-electron chi connectivity index (χ2n) is 25.2. The zero-order valence-corrected chi connectivity index (χ0v) is 47.3. The van der Waals surface area contributed by atoms with E-state index < -0.39 is 0 Å². The minimum absolute atomic E-state index is 0.0526. The van der Waals surface area contributed by atoms with Crippen molar-refractivity contribution in [3.63, 3.8) is 0 Å². The molecule has 2 aromatic heterocycles. The van der Waals surface area contributed by atoms with Crippen LogP contribution in [0.2, 0.25) is 0 Å². The first-order chi connectivity index (χ1) is 39.9. The van der Waals surface area contributed by atoms with Gasteiger partial charge >= 0.3 is 6.85 Å². The first kappa shape index (κ1) is 48.5. The minimum Gasteiger partial charge on any atom is -0.455 e. The number of hydrogen-bond donors (Lipinski definition) is 0. The van der Waals surface area contributed by atoms with E-state index in [0.29, 0.717) is 0 Å². The molecule has 2 aliphatic rings. The summed E-state index contributed by atoms with van der Waals surface area (Å²) in [6.45, 7) is 13.9. The first-order valence-electron chi connectivity index (χ1n) is 29.2. The Morgan fingerprint density at radius 3 is 1.52 bits per heavy atom. The monoisotopic (exact) mass is 1050 g/mol. The number of rotatable bonds is 7. The minimum atomic E-state index is -0.230. The van der Waals surface area contributed by atoms with Gasteiger partial charge in [-0.2, -0.15) is 0 Å². The van der Waals surface area contributed by atoms with Crippen molar-refractivity contribution >= 4 is 100 Å². The lowest BCUT2D eigenvalue weighted by Gasteiger charge is -2.41. The molecule has 14 aromatic rings. The van der Waals surface area contributed by atoms with E-state index in [1.54, 1.807) is 0 Å². The van der Waals surface area contributed by atoms with E-state index in [1.807, 2.05) is 0 Å². The number of furan rings is 1. The molecule has 82 heavy (non-hydrogen) atoms. The van der Waals surface area contributed by atoms with Gasteiger partial charge in [-0.3, -0.25) is 0 Å². The van der Waals surface area contributed by atoms with Crippen LogP contribution >= 0.6 is 0 Å². The summed E-state index contributed by atoms with van der Waals surface area (Å²) in [5, 5.41) is 9.99. The van der Waals surface area contributed by atoms with Crippen molar-refractivity contribution in [2.75, 3.05) is 4.90 Å². The summed E-state index contributed by atoms with van der Waals surface area (Å²) >= 11 is 0. The molecule has 0 radical (unpaired) electrons. The Hall–Kier alpha value is -9.38. The topological polar surface area (TPSA) is 21.3 Å². The van der Waals surface area contributed by atoms with E-state index in [-0.39, 0.29) is 17.7 Å². The van der Waals surface area contributed by atoms with E-state index in [2.05, 4.69) is 288 Å². The SMILES string of the molecule is CC(C)(C)c1ccc2c(c1)c1cc(C(C)(C)C)cc3c1n2B1c2cc4c(Cc5ccccc5)c5ccccc5c(Cc5ccccc5)c4cc2N(c2cc(-c4ccccc4)cc(-c4ccccc4)c2)c2cc4c(oc5ccccc54)c-3c21. The van der Waals surface area contributed by atoms with Crippen LogP contribution in [0.5, 0.6) is 0 Å². The van der Waals surface area contributed by atoms with Gasteiger partial charge in [-0.25, -0.2) is 0 Å². The van der Waals surface area contributed by atoms with E-state index in [9.17, 15) is 0 Å². The van der Waals surface area contributed by atoms with Gasteiger partial charge in [0.2, 0.25) is 0 Å². The third-order valence-electron chi connectivity index (χ3n) is 18.1. The van der Waals surface area contributed by atoms with E-state index in [1.165, 1.54) is 127 Å². The van der Waals surface area contributed by atoms with Crippen LogP contribution in [0, 0.1) is 0 Å². The largest absolute Gasteiger partial charge is 0.455 e. The predicted molar refractivity (Wildman–Crippen MR) is 349 cm³/mol. The van der Waals surface area contributed by atoms with Crippen molar-refractivity contribution in [2.45, 2.75) is 65.2 Å². The Morgan fingerprint density at radius 2 is 0.927 bits per heavy atom. The Balaban J connectivity index is 1.12. The van der Waals surface area contributed by atoms with Crippen LogP contribution in [0.15, 0.2) is 241 Å². The highest BCUT2D eigenvalue weighted by Gasteiger charge is 2.45. The number of para-hydroxylation sites is 1. The molecule has 0 unspecified atom stereocenters. The molecule has 3 nitrogen and oxygen atoms in total. The third-order valence-corrected chi connectivity index (χ3v) is 18.1. The van der Waals surface area contributed by atoms with Gasteiger partial charge in [0.15, 0.2) is 0 Å². The molecule has 0 amide bonds. The van der Waals surface area contributed by atoms with Crippen LogP contribution in [-0.4, -0.2) is 11.3 Å². The molecule has 0 fully saturated rings. The van der Waals surface area contributed by atoms with Crippen molar-refractivity contribution in [1.82, 2.24) is 4.48 Å². The molecule has 12 aromatic carbocycles. The lowest BCUT2D eigenvalue weighted by atomic mass is 9.44. The van der Waals surface area contributed by atoms with Crippen LogP contribution in [0.25, 0.3) is 98.7 Å². The van der Waals surface area contributed by atoms with Gasteiger partial charge in [0.05, 0.1) is 0 Å². The second-order valence-corrected chi connectivity index (χ2v) is 25.2. The molecular formula is C78H61BN2O. The molecule has 0 saturated heterocycles. The summed E-state index contributed by atoms with van der Waals surface area (Å²) in [6, 6.07) is 89.3. The molecule has 0 bridgehead atoms. The number of benzene rings is 12. The van der Waals surface area contributed by atoms with Gasteiger partial charge in [-0.1, -0.05) is 217 Å². The van der Waals surface area contributed by atoms with Crippen molar-refractivity contribution < 1.29 is 4.42 Å². The molecular weight excluding hydrogens is 992 g/mol. The fourth-order valence-electron chi connectivity index (χ4n) is 14.1. The highest BCUT2D eigenvalue weighted by molar-refractivity contribution is 6.90. The molecule has 4 heteroatoms. The van der Waals surface area contributed by atoms with Crippen molar-refractivity contribution in [2.24, 2.45) is 0 Å². The van der Waals surface area contributed by atoms with Crippen LogP contribution in [-0.2, 0) is 23.7 Å². The van der Waals surface area contributed by atoms with Crippen LogP contribution in [0.3, 0.4) is 0 Å². The molecule has 0 aliphatic carbocycles. The Morgan fingerprint density at radius 1 is 0.402 bits per heavy atom. The lowest BCUT2D eigenvalue weighted by Crippen LogP contribution is -2.56. The first-order valence-corrected chi connectivity index (χ1v) is 29.2. The highest BCUT2D eigenvalue weighted by Crippen LogP contribution is 2.52. The Bertz CT molecular complexity index is 4870. The molecule has 16 rings (SSSR count). The van der Waals surface area contributed by atoms with Gasteiger partial charge in [-0.15, -0.1) is 0 Å². The van der Waals surface area contributed by atoms with Gasteiger partial charge in [0.25, 0.3) is 0 Å². The molecule has 4 heterocycles. The smallest absolute Gasteiger partial charge is 0.333 e. The van der Waals surface area contributed by atoms with E-state index in [0.717, 1.165) is 46.2 Å². The predicted octanol–water partition coefficient (Wildman–Crippen LogP) is 19.5. The summed E-state index contributed by atoms with van der Waals surface area (Å²) in [6.07, 6.45) is 1.58. The molecule has 0 N–H and O–H groups in total. The van der Waals surface area contributed by atoms with Crippen molar-refractivity contribution in [3.05, 3.63) is 270 Å². The molecule has 2 aliphatic heterocycles. The molecule has 392 valence electrons. The summed E-state index contributed by atoms with van der Waals surface area (Å²) in [4.78, 5) is 2.65. The maximum atomic E-state index is 7.36. The molecule has 0 atom stereocenters. The Labute approximate surface area is 479 Å². The second kappa shape index (κ2) is 18.1. The van der Waals surface area contributed by atoms with Gasteiger partial charge < -0.3 is 13.8 Å². The number of hydrogen-bond acceptors (Lipinski definition) is 2. The normalized spacial score (nSPS) is 13.0. The number of aromatic nitrogens is 1. The van der Waals surface area contributed by atoms with E-state index in [4.69, 9.17) is 4.42 Å². The lowest BCUT2D eigenvalue weighted by molar-refractivity contribution is 0.590. The maximum absolute atomic E-state index is 7.36. The van der Waals surface area contributed by atoms with Crippen molar-refractivity contribution in [3.8, 4) is 33.4 Å². The van der Waals surface area contributed by atoms with Gasteiger partial charge in [0, 0.05) is 60.8 Å². The average molecular weight is 1050 g/mol. The van der Waals surface area contributed by atoms with Crippen LogP contribution < -0.4 is 15.8 Å². The highest BCUT2D eigenvalue weighted by atomic mass is 16.3. The number of nitrogens with zero attached hydrogens (tertiary/aromatic N) is 2. The maximum Gasteiger partial charge on any atom is 0.333 e. The molecule has 0 saturated carbocycles.